The molecule has 1 aliphatic rings. The van der Waals surface area contributed by atoms with Gasteiger partial charge in [0.15, 0.2) is 0 Å². The van der Waals surface area contributed by atoms with Crippen molar-refractivity contribution in [3.8, 4) is 0 Å². The molecule has 1 aromatic heterocycles. The third kappa shape index (κ3) is 3.32. The summed E-state index contributed by atoms with van der Waals surface area (Å²) in [5, 5.41) is 3.45. The lowest BCUT2D eigenvalue weighted by atomic mass is 9.83. The number of nitrogens with zero attached hydrogens (tertiary/aromatic N) is 2. The van der Waals surface area contributed by atoms with Crippen molar-refractivity contribution in [3.05, 3.63) is 12.4 Å². The van der Waals surface area contributed by atoms with Gasteiger partial charge >= 0.3 is 0 Å². The lowest BCUT2D eigenvalue weighted by Gasteiger charge is -2.30. The molecule has 1 unspecified atom stereocenters. The summed E-state index contributed by atoms with van der Waals surface area (Å²) >= 11 is 0. The first-order chi connectivity index (χ1) is 8.29. The Morgan fingerprint density at radius 1 is 1.29 bits per heavy atom. The van der Waals surface area contributed by atoms with Crippen molar-refractivity contribution >= 4 is 11.6 Å². The second-order valence-electron chi connectivity index (χ2n) is 4.90. The zero-order valence-electron chi connectivity index (χ0n) is 10.5. The second kappa shape index (κ2) is 5.84. The normalized spacial score (nSPS) is 18.9. The molecule has 3 N–H and O–H groups in total. The molecule has 1 saturated carbocycles. The van der Waals surface area contributed by atoms with Gasteiger partial charge in [-0.25, -0.2) is 9.97 Å². The quantitative estimate of drug-likeness (QED) is 0.840. The standard InChI is InChI=1S/C13H22N4/c1-2-12(10-6-4-3-5-7-10)17-13-15-8-11(14)9-16-13/h8-10,12H,2-7,14H2,1H3,(H,15,16,17). The van der Waals surface area contributed by atoms with Crippen molar-refractivity contribution in [2.75, 3.05) is 11.1 Å². The van der Waals surface area contributed by atoms with Crippen molar-refractivity contribution in [1.82, 2.24) is 9.97 Å². The lowest BCUT2D eigenvalue weighted by Crippen LogP contribution is -2.30. The van der Waals surface area contributed by atoms with Gasteiger partial charge in [-0.2, -0.15) is 0 Å². The molecular formula is C13H22N4. The van der Waals surface area contributed by atoms with Crippen LogP contribution >= 0.6 is 0 Å². The minimum Gasteiger partial charge on any atom is -0.396 e. The first-order valence-corrected chi connectivity index (χ1v) is 6.63. The van der Waals surface area contributed by atoms with Crippen LogP contribution in [0.1, 0.15) is 45.4 Å². The third-order valence-corrected chi connectivity index (χ3v) is 3.64. The Bertz CT molecular complexity index is 330. The summed E-state index contributed by atoms with van der Waals surface area (Å²) < 4.78 is 0. The van der Waals surface area contributed by atoms with Gasteiger partial charge in [-0.15, -0.1) is 0 Å². The molecular weight excluding hydrogens is 212 g/mol. The van der Waals surface area contributed by atoms with Crippen LogP contribution in [-0.4, -0.2) is 16.0 Å². The minimum absolute atomic E-state index is 0.499. The summed E-state index contributed by atoms with van der Waals surface area (Å²) in [4.78, 5) is 8.43. The summed E-state index contributed by atoms with van der Waals surface area (Å²) in [6, 6.07) is 0.499. The molecule has 94 valence electrons. The van der Waals surface area contributed by atoms with Crippen LogP contribution in [0.4, 0.5) is 11.6 Å². The summed E-state index contributed by atoms with van der Waals surface area (Å²) in [5.74, 6) is 1.48. The van der Waals surface area contributed by atoms with E-state index in [0.29, 0.717) is 17.7 Å². The number of anilines is 2. The Morgan fingerprint density at radius 2 is 1.94 bits per heavy atom. The fraction of sp³-hybridized carbons (Fsp3) is 0.692. The van der Waals surface area contributed by atoms with Crippen LogP contribution in [0.15, 0.2) is 12.4 Å². The molecule has 0 spiro atoms. The molecule has 0 bridgehead atoms. The average molecular weight is 234 g/mol. The summed E-state index contributed by atoms with van der Waals surface area (Å²) in [5.41, 5.74) is 6.19. The predicted octanol–water partition coefficient (Wildman–Crippen LogP) is 2.83. The van der Waals surface area contributed by atoms with Gasteiger partial charge in [-0.3, -0.25) is 0 Å². The van der Waals surface area contributed by atoms with Crippen molar-refractivity contribution in [2.45, 2.75) is 51.5 Å². The molecule has 17 heavy (non-hydrogen) atoms. The van der Waals surface area contributed by atoms with E-state index in [1.165, 1.54) is 32.1 Å². The van der Waals surface area contributed by atoms with Gasteiger partial charge in [-0.05, 0) is 25.2 Å². The molecule has 2 rings (SSSR count). The number of nitrogens with two attached hydrogens (primary N) is 1. The molecule has 1 fully saturated rings. The van der Waals surface area contributed by atoms with Gasteiger partial charge in [0.1, 0.15) is 0 Å². The molecule has 1 aliphatic carbocycles. The van der Waals surface area contributed by atoms with E-state index in [0.717, 1.165) is 12.3 Å². The predicted molar refractivity (Wildman–Crippen MR) is 70.7 cm³/mol. The number of nitrogen functional groups attached to an aromatic ring is 1. The first kappa shape index (κ1) is 12.1. The van der Waals surface area contributed by atoms with Crippen molar-refractivity contribution < 1.29 is 0 Å². The van der Waals surface area contributed by atoms with Crippen molar-refractivity contribution in [2.24, 2.45) is 5.92 Å². The maximum absolute atomic E-state index is 5.58. The Labute approximate surface area is 103 Å². The molecule has 0 aliphatic heterocycles. The van der Waals surface area contributed by atoms with E-state index in [-0.39, 0.29) is 0 Å². The topological polar surface area (TPSA) is 63.8 Å². The van der Waals surface area contributed by atoms with Gasteiger partial charge in [0.25, 0.3) is 0 Å². The fourth-order valence-electron chi connectivity index (χ4n) is 2.67. The molecule has 0 aromatic carbocycles. The van der Waals surface area contributed by atoms with Crippen LogP contribution in [0.5, 0.6) is 0 Å². The van der Waals surface area contributed by atoms with E-state index in [2.05, 4.69) is 22.2 Å². The monoisotopic (exact) mass is 234 g/mol. The number of aromatic nitrogens is 2. The highest BCUT2D eigenvalue weighted by molar-refractivity contribution is 5.36. The number of hydrogen-bond acceptors (Lipinski definition) is 4. The lowest BCUT2D eigenvalue weighted by molar-refractivity contribution is 0.312. The first-order valence-electron chi connectivity index (χ1n) is 6.63. The smallest absolute Gasteiger partial charge is 0.222 e. The fourth-order valence-corrected chi connectivity index (χ4v) is 2.67. The average Bonchev–Trinajstić information content (AvgIpc) is 2.39. The Balaban J connectivity index is 1.96. The molecule has 0 radical (unpaired) electrons. The molecule has 1 heterocycles. The zero-order valence-corrected chi connectivity index (χ0v) is 10.5. The zero-order chi connectivity index (χ0) is 12.1. The Morgan fingerprint density at radius 3 is 2.53 bits per heavy atom. The Kier molecular flexibility index (Phi) is 4.18. The van der Waals surface area contributed by atoms with E-state index >= 15 is 0 Å². The minimum atomic E-state index is 0.499. The van der Waals surface area contributed by atoms with Crippen LogP contribution < -0.4 is 11.1 Å². The van der Waals surface area contributed by atoms with Crippen LogP contribution in [0.3, 0.4) is 0 Å². The molecule has 1 aromatic rings. The number of hydrogen-bond donors (Lipinski definition) is 2. The van der Waals surface area contributed by atoms with Gasteiger partial charge in [0.05, 0.1) is 18.1 Å². The summed E-state index contributed by atoms with van der Waals surface area (Å²) in [6.45, 7) is 2.23. The van der Waals surface area contributed by atoms with E-state index in [1.807, 2.05) is 0 Å². The maximum Gasteiger partial charge on any atom is 0.222 e. The SMILES string of the molecule is CCC(Nc1ncc(N)cn1)C1CCCCC1. The molecule has 0 saturated heterocycles. The summed E-state index contributed by atoms with van der Waals surface area (Å²) in [6.07, 6.45) is 11.2. The van der Waals surface area contributed by atoms with Gasteiger partial charge in [-0.1, -0.05) is 26.2 Å². The highest BCUT2D eigenvalue weighted by Gasteiger charge is 2.22. The second-order valence-corrected chi connectivity index (χ2v) is 4.90. The molecule has 0 amide bonds. The van der Waals surface area contributed by atoms with Crippen molar-refractivity contribution in [3.63, 3.8) is 0 Å². The Hall–Kier alpha value is -1.32. The van der Waals surface area contributed by atoms with Gasteiger partial charge < -0.3 is 11.1 Å². The van der Waals surface area contributed by atoms with E-state index < -0.39 is 0 Å². The highest BCUT2D eigenvalue weighted by atomic mass is 15.1. The highest BCUT2D eigenvalue weighted by Crippen LogP contribution is 2.28. The largest absolute Gasteiger partial charge is 0.396 e. The maximum atomic E-state index is 5.58. The third-order valence-electron chi connectivity index (χ3n) is 3.64. The van der Waals surface area contributed by atoms with Crippen LogP contribution in [-0.2, 0) is 0 Å². The van der Waals surface area contributed by atoms with Crippen molar-refractivity contribution in [1.29, 1.82) is 0 Å². The van der Waals surface area contributed by atoms with Crippen LogP contribution in [0, 0.1) is 5.92 Å². The van der Waals surface area contributed by atoms with E-state index in [4.69, 9.17) is 5.73 Å². The number of rotatable bonds is 4. The molecule has 1 atom stereocenters. The van der Waals surface area contributed by atoms with Crippen LogP contribution in [0.2, 0.25) is 0 Å². The van der Waals surface area contributed by atoms with Crippen LogP contribution in [0.25, 0.3) is 0 Å². The molecule has 4 nitrogen and oxygen atoms in total. The number of nitrogens with one attached hydrogen (secondary N) is 1. The summed E-state index contributed by atoms with van der Waals surface area (Å²) in [7, 11) is 0. The van der Waals surface area contributed by atoms with Gasteiger partial charge in [0.2, 0.25) is 5.95 Å². The van der Waals surface area contributed by atoms with Gasteiger partial charge in [0, 0.05) is 6.04 Å². The molecule has 4 heteroatoms. The van der Waals surface area contributed by atoms with E-state index in [9.17, 15) is 0 Å². The van der Waals surface area contributed by atoms with E-state index in [1.54, 1.807) is 12.4 Å².